The number of aryl methyl sites for hydroxylation is 1. The number of epoxide rings is 1. The van der Waals surface area contributed by atoms with Gasteiger partial charge in [-0.15, -0.1) is 0 Å². The molecule has 1 aromatic carbocycles. The summed E-state index contributed by atoms with van der Waals surface area (Å²) in [5.41, 5.74) is 2.71. The Labute approximate surface area is 97.6 Å². The summed E-state index contributed by atoms with van der Waals surface area (Å²) in [7, 11) is 1.71. The lowest BCUT2D eigenvalue weighted by atomic mass is 9.92. The van der Waals surface area contributed by atoms with Crippen molar-refractivity contribution in [3.05, 3.63) is 29.3 Å². The van der Waals surface area contributed by atoms with Crippen LogP contribution in [0.15, 0.2) is 18.2 Å². The molecule has 0 saturated carbocycles. The van der Waals surface area contributed by atoms with E-state index in [4.69, 9.17) is 9.47 Å². The van der Waals surface area contributed by atoms with Crippen molar-refractivity contribution >= 4 is 0 Å². The molecule has 16 heavy (non-hydrogen) atoms. The molecule has 1 heterocycles. The molecule has 1 aliphatic heterocycles. The van der Waals surface area contributed by atoms with Gasteiger partial charge in [0.2, 0.25) is 0 Å². The van der Waals surface area contributed by atoms with E-state index < -0.39 is 0 Å². The van der Waals surface area contributed by atoms with Gasteiger partial charge >= 0.3 is 0 Å². The molecule has 3 atom stereocenters. The first-order valence-electron chi connectivity index (χ1n) is 5.92. The molecule has 0 aromatic heterocycles. The molecule has 2 nitrogen and oxygen atoms in total. The van der Waals surface area contributed by atoms with Crippen LogP contribution in [-0.2, 0) is 4.74 Å². The number of ether oxygens (including phenoxy) is 2. The van der Waals surface area contributed by atoms with Gasteiger partial charge in [0.05, 0.1) is 19.3 Å². The Balaban J connectivity index is 2.07. The van der Waals surface area contributed by atoms with Crippen LogP contribution in [0, 0.1) is 6.92 Å². The number of hydrogen-bond donors (Lipinski definition) is 0. The van der Waals surface area contributed by atoms with Crippen LogP contribution in [0.3, 0.4) is 0 Å². The largest absolute Gasteiger partial charge is 0.497 e. The van der Waals surface area contributed by atoms with Crippen molar-refractivity contribution in [1.29, 1.82) is 0 Å². The Kier molecular flexibility index (Phi) is 3.20. The third-order valence-corrected chi connectivity index (χ3v) is 3.43. The summed E-state index contributed by atoms with van der Waals surface area (Å²) in [5.74, 6) is 1.49. The third kappa shape index (κ3) is 2.38. The summed E-state index contributed by atoms with van der Waals surface area (Å²) in [4.78, 5) is 0. The Hall–Kier alpha value is -1.02. The van der Waals surface area contributed by atoms with Gasteiger partial charge in [0.1, 0.15) is 5.75 Å². The molecule has 1 aliphatic rings. The monoisotopic (exact) mass is 220 g/mol. The van der Waals surface area contributed by atoms with Crippen molar-refractivity contribution in [2.45, 2.75) is 45.3 Å². The topological polar surface area (TPSA) is 21.8 Å². The lowest BCUT2D eigenvalue weighted by Gasteiger charge is -2.14. The van der Waals surface area contributed by atoms with Crippen molar-refractivity contribution in [3.8, 4) is 5.75 Å². The molecule has 0 radical (unpaired) electrons. The summed E-state index contributed by atoms with van der Waals surface area (Å²) in [6.07, 6.45) is 2.05. The Morgan fingerprint density at radius 2 is 2.12 bits per heavy atom. The van der Waals surface area contributed by atoms with Crippen LogP contribution >= 0.6 is 0 Å². The maximum Gasteiger partial charge on any atom is 0.119 e. The highest BCUT2D eigenvalue weighted by molar-refractivity contribution is 5.36. The summed E-state index contributed by atoms with van der Waals surface area (Å²) < 4.78 is 10.7. The maximum atomic E-state index is 5.47. The normalized spacial score (nSPS) is 25.2. The van der Waals surface area contributed by atoms with Gasteiger partial charge in [-0.3, -0.25) is 0 Å². The average molecular weight is 220 g/mol. The van der Waals surface area contributed by atoms with Crippen LogP contribution in [0.1, 0.15) is 37.3 Å². The number of benzene rings is 1. The molecule has 0 bridgehead atoms. The first-order valence-corrected chi connectivity index (χ1v) is 5.92. The van der Waals surface area contributed by atoms with Gasteiger partial charge in [-0.05, 0) is 49.4 Å². The highest BCUT2D eigenvalue weighted by Gasteiger charge is 2.35. The lowest BCUT2D eigenvalue weighted by Crippen LogP contribution is -2.02. The molecule has 1 fully saturated rings. The average Bonchev–Trinajstić information content (AvgIpc) is 2.93. The highest BCUT2D eigenvalue weighted by atomic mass is 16.6. The van der Waals surface area contributed by atoms with Crippen LogP contribution in [0.4, 0.5) is 0 Å². The van der Waals surface area contributed by atoms with E-state index in [2.05, 4.69) is 32.9 Å². The first kappa shape index (κ1) is 11.5. The molecule has 2 rings (SSSR count). The predicted octanol–water partition coefficient (Wildman–Crippen LogP) is 3.28. The smallest absolute Gasteiger partial charge is 0.119 e. The van der Waals surface area contributed by atoms with E-state index in [0.29, 0.717) is 18.1 Å². The third-order valence-electron chi connectivity index (χ3n) is 3.43. The van der Waals surface area contributed by atoms with E-state index >= 15 is 0 Å². The van der Waals surface area contributed by atoms with Crippen molar-refractivity contribution in [1.82, 2.24) is 0 Å². The molecule has 88 valence electrons. The molecule has 0 aliphatic carbocycles. The number of methoxy groups -OCH3 is 1. The Morgan fingerprint density at radius 3 is 2.62 bits per heavy atom. The zero-order valence-electron chi connectivity index (χ0n) is 10.5. The number of hydrogen-bond acceptors (Lipinski definition) is 2. The van der Waals surface area contributed by atoms with Crippen LogP contribution < -0.4 is 4.74 Å². The van der Waals surface area contributed by atoms with Crippen molar-refractivity contribution in [3.63, 3.8) is 0 Å². The summed E-state index contributed by atoms with van der Waals surface area (Å²) in [5, 5.41) is 0. The van der Waals surface area contributed by atoms with Gasteiger partial charge in [-0.2, -0.15) is 0 Å². The summed E-state index contributed by atoms with van der Waals surface area (Å²) >= 11 is 0. The van der Waals surface area contributed by atoms with Gasteiger partial charge in [-0.1, -0.05) is 13.0 Å². The standard InChI is InChI=1S/C14H20O2/c1-9-7-12(15-4)5-6-13(9)10(2)8-14-11(3)16-14/h5-7,10-11,14H,8H2,1-4H3. The Morgan fingerprint density at radius 1 is 1.44 bits per heavy atom. The molecular weight excluding hydrogens is 200 g/mol. The van der Waals surface area contributed by atoms with Crippen molar-refractivity contribution in [2.75, 3.05) is 7.11 Å². The molecule has 0 N–H and O–H groups in total. The van der Waals surface area contributed by atoms with E-state index in [-0.39, 0.29) is 0 Å². The van der Waals surface area contributed by atoms with E-state index in [9.17, 15) is 0 Å². The minimum atomic E-state index is 0.459. The summed E-state index contributed by atoms with van der Waals surface area (Å²) in [6.45, 7) is 6.55. The minimum Gasteiger partial charge on any atom is -0.497 e. The number of rotatable bonds is 4. The van der Waals surface area contributed by atoms with E-state index in [0.717, 1.165) is 12.2 Å². The second kappa shape index (κ2) is 4.46. The molecular formula is C14H20O2. The van der Waals surface area contributed by atoms with Crippen molar-refractivity contribution < 1.29 is 9.47 Å². The maximum absolute atomic E-state index is 5.47. The fraction of sp³-hybridized carbons (Fsp3) is 0.571. The van der Waals surface area contributed by atoms with E-state index in [1.165, 1.54) is 11.1 Å². The highest BCUT2D eigenvalue weighted by Crippen LogP contribution is 2.34. The van der Waals surface area contributed by atoms with Gasteiger partial charge < -0.3 is 9.47 Å². The van der Waals surface area contributed by atoms with Gasteiger partial charge in [0, 0.05) is 0 Å². The molecule has 1 aromatic rings. The molecule has 3 unspecified atom stereocenters. The molecule has 1 saturated heterocycles. The second-order valence-corrected chi connectivity index (χ2v) is 4.74. The quantitative estimate of drug-likeness (QED) is 0.726. The van der Waals surface area contributed by atoms with Gasteiger partial charge in [0.25, 0.3) is 0 Å². The zero-order chi connectivity index (χ0) is 11.7. The SMILES string of the molecule is COc1ccc(C(C)CC2OC2C)c(C)c1. The Bertz CT molecular complexity index is 373. The van der Waals surface area contributed by atoms with Gasteiger partial charge in [0.15, 0.2) is 0 Å². The van der Waals surface area contributed by atoms with Crippen molar-refractivity contribution in [2.24, 2.45) is 0 Å². The lowest BCUT2D eigenvalue weighted by molar-refractivity contribution is 0.362. The minimum absolute atomic E-state index is 0.459. The van der Waals surface area contributed by atoms with Gasteiger partial charge in [-0.25, -0.2) is 0 Å². The summed E-state index contributed by atoms with van der Waals surface area (Å²) in [6, 6.07) is 6.31. The first-order chi connectivity index (χ1) is 7.61. The van der Waals surface area contributed by atoms with E-state index in [1.807, 2.05) is 6.07 Å². The second-order valence-electron chi connectivity index (χ2n) is 4.74. The van der Waals surface area contributed by atoms with Crippen LogP contribution in [0.2, 0.25) is 0 Å². The molecule has 2 heteroatoms. The fourth-order valence-electron chi connectivity index (χ4n) is 2.28. The van der Waals surface area contributed by atoms with E-state index in [1.54, 1.807) is 7.11 Å². The predicted molar refractivity (Wildman–Crippen MR) is 65.1 cm³/mol. The fourth-order valence-corrected chi connectivity index (χ4v) is 2.28. The molecule has 0 spiro atoms. The molecule has 0 amide bonds. The zero-order valence-corrected chi connectivity index (χ0v) is 10.5. The van der Waals surface area contributed by atoms with Crippen LogP contribution in [0.5, 0.6) is 5.75 Å². The van der Waals surface area contributed by atoms with Crippen LogP contribution in [0.25, 0.3) is 0 Å². The van der Waals surface area contributed by atoms with Crippen LogP contribution in [-0.4, -0.2) is 19.3 Å².